The predicted octanol–water partition coefficient (Wildman–Crippen LogP) is 3.52. The van der Waals surface area contributed by atoms with Gasteiger partial charge in [-0.15, -0.1) is 22.7 Å². The zero-order valence-electron chi connectivity index (χ0n) is 12.5. The smallest absolute Gasteiger partial charge is 0.185 e. The summed E-state index contributed by atoms with van der Waals surface area (Å²) in [7, 11) is 2.08. The molecule has 0 amide bonds. The van der Waals surface area contributed by atoms with E-state index in [1.54, 1.807) is 22.7 Å². The molecule has 6 heteroatoms. The van der Waals surface area contributed by atoms with Crippen LogP contribution in [0.2, 0.25) is 0 Å². The lowest BCUT2D eigenvalue weighted by molar-refractivity contribution is 0.702. The molecule has 0 spiro atoms. The Labute approximate surface area is 128 Å². The van der Waals surface area contributed by atoms with Crippen molar-refractivity contribution in [3.8, 4) is 0 Å². The first-order valence-corrected chi connectivity index (χ1v) is 8.56. The molecule has 0 saturated heterocycles. The summed E-state index contributed by atoms with van der Waals surface area (Å²) in [5.74, 6) is 0.470. The number of aryl methyl sites for hydroxylation is 1. The van der Waals surface area contributed by atoms with Crippen molar-refractivity contribution in [2.75, 3.05) is 11.9 Å². The van der Waals surface area contributed by atoms with E-state index < -0.39 is 0 Å². The Bertz CT molecular complexity index is 561. The van der Waals surface area contributed by atoms with Crippen LogP contribution in [-0.2, 0) is 13.1 Å². The van der Waals surface area contributed by atoms with Crippen LogP contribution in [0.25, 0.3) is 0 Å². The van der Waals surface area contributed by atoms with E-state index in [9.17, 15) is 0 Å². The zero-order chi connectivity index (χ0) is 14.7. The van der Waals surface area contributed by atoms with Crippen molar-refractivity contribution in [3.05, 3.63) is 26.7 Å². The number of anilines is 1. The van der Waals surface area contributed by atoms with E-state index in [0.29, 0.717) is 12.5 Å². The van der Waals surface area contributed by atoms with Crippen LogP contribution in [0.3, 0.4) is 0 Å². The van der Waals surface area contributed by atoms with Gasteiger partial charge in [-0.2, -0.15) is 0 Å². The second-order valence-corrected chi connectivity index (χ2v) is 7.04. The summed E-state index contributed by atoms with van der Waals surface area (Å²) in [6.45, 7) is 7.88. The first-order valence-electron chi connectivity index (χ1n) is 6.86. The molecule has 2 aromatic rings. The number of aromatic nitrogens is 2. The quantitative estimate of drug-likeness (QED) is 0.887. The Morgan fingerprint density at radius 2 is 2.15 bits per heavy atom. The lowest BCUT2D eigenvalue weighted by Gasteiger charge is -2.14. The highest BCUT2D eigenvalue weighted by atomic mass is 32.1. The standard InChI is InChI=1S/C14H22N4S2/c1-5-9(2)13-11(6-15)20-14(17-13)18(4)7-12-10(3)16-8-19-12/h8-9H,5-7,15H2,1-4H3. The number of nitrogens with two attached hydrogens (primary N) is 1. The van der Waals surface area contributed by atoms with Gasteiger partial charge in [0, 0.05) is 23.3 Å². The van der Waals surface area contributed by atoms with Crippen LogP contribution in [-0.4, -0.2) is 17.0 Å². The van der Waals surface area contributed by atoms with Crippen molar-refractivity contribution in [2.24, 2.45) is 5.73 Å². The summed E-state index contributed by atoms with van der Waals surface area (Å²) < 4.78 is 0. The van der Waals surface area contributed by atoms with Crippen molar-refractivity contribution >= 4 is 27.8 Å². The van der Waals surface area contributed by atoms with Gasteiger partial charge in [-0.05, 0) is 19.3 Å². The van der Waals surface area contributed by atoms with Crippen molar-refractivity contribution in [2.45, 2.75) is 46.2 Å². The third-order valence-electron chi connectivity index (χ3n) is 3.53. The maximum atomic E-state index is 5.86. The second kappa shape index (κ2) is 6.65. The molecule has 4 nitrogen and oxygen atoms in total. The largest absolute Gasteiger partial charge is 0.346 e. The van der Waals surface area contributed by atoms with Gasteiger partial charge in [0.1, 0.15) is 0 Å². The van der Waals surface area contributed by atoms with Gasteiger partial charge in [-0.25, -0.2) is 9.97 Å². The molecule has 0 aliphatic carbocycles. The van der Waals surface area contributed by atoms with E-state index in [1.807, 2.05) is 5.51 Å². The van der Waals surface area contributed by atoms with Gasteiger partial charge in [-0.3, -0.25) is 0 Å². The topological polar surface area (TPSA) is 55.0 Å². The molecule has 110 valence electrons. The summed E-state index contributed by atoms with van der Waals surface area (Å²) in [6.07, 6.45) is 1.09. The molecule has 2 rings (SSSR count). The fourth-order valence-electron chi connectivity index (χ4n) is 2.00. The Hall–Kier alpha value is -0.980. The highest BCUT2D eigenvalue weighted by Crippen LogP contribution is 2.32. The zero-order valence-corrected chi connectivity index (χ0v) is 14.1. The average molecular weight is 310 g/mol. The molecule has 2 N–H and O–H groups in total. The number of hydrogen-bond donors (Lipinski definition) is 1. The van der Waals surface area contributed by atoms with E-state index in [0.717, 1.165) is 23.8 Å². The van der Waals surface area contributed by atoms with Crippen LogP contribution in [0, 0.1) is 6.92 Å². The number of nitrogens with zero attached hydrogens (tertiary/aromatic N) is 3. The SMILES string of the molecule is CCC(C)c1nc(N(C)Cc2scnc2C)sc1CN. The van der Waals surface area contributed by atoms with Gasteiger partial charge < -0.3 is 10.6 Å². The molecule has 0 aromatic carbocycles. The Morgan fingerprint density at radius 3 is 2.70 bits per heavy atom. The molecule has 1 unspecified atom stereocenters. The lowest BCUT2D eigenvalue weighted by Crippen LogP contribution is -2.16. The van der Waals surface area contributed by atoms with Gasteiger partial charge >= 0.3 is 0 Å². The molecule has 0 aliphatic heterocycles. The van der Waals surface area contributed by atoms with Crippen LogP contribution in [0.1, 0.15) is 47.3 Å². The van der Waals surface area contributed by atoms with Gasteiger partial charge in [0.25, 0.3) is 0 Å². The summed E-state index contributed by atoms with van der Waals surface area (Å²) in [5.41, 5.74) is 10.0. The maximum absolute atomic E-state index is 5.86. The van der Waals surface area contributed by atoms with Gasteiger partial charge in [0.2, 0.25) is 0 Å². The normalized spacial score (nSPS) is 12.7. The second-order valence-electron chi connectivity index (χ2n) is 5.04. The monoisotopic (exact) mass is 310 g/mol. The van der Waals surface area contributed by atoms with Crippen LogP contribution in [0.5, 0.6) is 0 Å². The third-order valence-corrected chi connectivity index (χ3v) is 5.66. The number of hydrogen-bond acceptors (Lipinski definition) is 6. The van der Waals surface area contributed by atoms with Gasteiger partial charge in [0.05, 0.1) is 23.4 Å². The first kappa shape index (κ1) is 15.4. The molecule has 1 atom stereocenters. The van der Waals surface area contributed by atoms with Crippen LogP contribution >= 0.6 is 22.7 Å². The number of rotatable bonds is 6. The minimum absolute atomic E-state index is 0.470. The van der Waals surface area contributed by atoms with E-state index in [2.05, 4.69) is 37.7 Å². The molecular formula is C14H22N4S2. The summed E-state index contributed by atoms with van der Waals surface area (Å²) in [6, 6.07) is 0. The molecule has 0 saturated carbocycles. The maximum Gasteiger partial charge on any atom is 0.185 e. The van der Waals surface area contributed by atoms with E-state index in [1.165, 1.54) is 15.4 Å². The Kier molecular flexibility index (Phi) is 5.12. The molecular weight excluding hydrogens is 288 g/mol. The summed E-state index contributed by atoms with van der Waals surface area (Å²) >= 11 is 3.41. The molecule has 0 bridgehead atoms. The average Bonchev–Trinajstić information content (AvgIpc) is 3.04. The van der Waals surface area contributed by atoms with Crippen LogP contribution in [0.4, 0.5) is 5.13 Å². The molecule has 0 aliphatic rings. The summed E-state index contributed by atoms with van der Waals surface area (Å²) in [4.78, 5) is 13.8. The fourth-order valence-corrected chi connectivity index (χ4v) is 3.85. The molecule has 2 heterocycles. The van der Waals surface area contributed by atoms with Crippen molar-refractivity contribution in [1.29, 1.82) is 0 Å². The molecule has 2 aromatic heterocycles. The van der Waals surface area contributed by atoms with Crippen LogP contribution < -0.4 is 10.6 Å². The van der Waals surface area contributed by atoms with Gasteiger partial charge in [0.15, 0.2) is 5.13 Å². The third kappa shape index (κ3) is 3.19. The van der Waals surface area contributed by atoms with Crippen molar-refractivity contribution < 1.29 is 0 Å². The minimum Gasteiger partial charge on any atom is -0.346 e. The minimum atomic E-state index is 0.470. The Morgan fingerprint density at radius 1 is 1.40 bits per heavy atom. The number of thiazole rings is 2. The van der Waals surface area contributed by atoms with E-state index >= 15 is 0 Å². The van der Waals surface area contributed by atoms with Crippen molar-refractivity contribution in [3.63, 3.8) is 0 Å². The van der Waals surface area contributed by atoms with Crippen LogP contribution in [0.15, 0.2) is 5.51 Å². The van der Waals surface area contributed by atoms with Crippen molar-refractivity contribution in [1.82, 2.24) is 9.97 Å². The van der Waals surface area contributed by atoms with Gasteiger partial charge in [-0.1, -0.05) is 13.8 Å². The summed E-state index contributed by atoms with van der Waals surface area (Å²) in [5, 5.41) is 1.05. The molecule has 20 heavy (non-hydrogen) atoms. The highest BCUT2D eigenvalue weighted by Gasteiger charge is 2.17. The fraction of sp³-hybridized carbons (Fsp3) is 0.571. The highest BCUT2D eigenvalue weighted by molar-refractivity contribution is 7.15. The van der Waals surface area contributed by atoms with E-state index in [-0.39, 0.29) is 0 Å². The first-order chi connectivity index (χ1) is 9.56. The molecule has 0 fully saturated rings. The molecule has 0 radical (unpaired) electrons. The van der Waals surface area contributed by atoms with E-state index in [4.69, 9.17) is 10.7 Å². The Balaban J connectivity index is 2.20. The lowest BCUT2D eigenvalue weighted by atomic mass is 10.0. The predicted molar refractivity (Wildman–Crippen MR) is 87.7 cm³/mol.